The minimum absolute atomic E-state index is 0.993. The van der Waals surface area contributed by atoms with E-state index in [-0.39, 0.29) is 0 Å². The minimum atomic E-state index is 0.993. The third-order valence-corrected chi connectivity index (χ3v) is 14.3. The number of hydrogen-bond acceptors (Lipinski definition) is 2. The number of aromatic nitrogens is 2. The summed E-state index contributed by atoms with van der Waals surface area (Å²) in [5.74, 6) is 0. The van der Waals surface area contributed by atoms with Crippen LogP contribution < -0.4 is 0 Å². The van der Waals surface area contributed by atoms with Crippen LogP contribution in [0.1, 0.15) is 0 Å². The van der Waals surface area contributed by atoms with Gasteiger partial charge < -0.3 is 0 Å². The van der Waals surface area contributed by atoms with Gasteiger partial charge in [-0.3, -0.25) is 9.97 Å². The van der Waals surface area contributed by atoms with Crippen molar-refractivity contribution in [2.75, 3.05) is 0 Å². The number of para-hydroxylation sites is 2. The predicted molar refractivity (Wildman–Crippen MR) is 289 cm³/mol. The average Bonchev–Trinajstić information content (AvgIpc) is 3.41. The molecule has 0 amide bonds. The van der Waals surface area contributed by atoms with Crippen molar-refractivity contribution in [1.82, 2.24) is 9.97 Å². The van der Waals surface area contributed by atoms with Crippen LogP contribution in [0.25, 0.3) is 142 Å². The molecule has 0 N–H and O–H groups in total. The Morgan fingerprint density at radius 2 is 0.515 bits per heavy atom. The molecule has 14 rings (SSSR count). The molecule has 12 aromatic carbocycles. The van der Waals surface area contributed by atoms with Crippen LogP contribution in [0.3, 0.4) is 0 Å². The van der Waals surface area contributed by atoms with Gasteiger partial charge in [0.1, 0.15) is 0 Å². The Morgan fingerprint density at radius 1 is 0.206 bits per heavy atom. The normalized spacial score (nSPS) is 11.8. The number of pyridine rings is 2. The molecule has 0 atom stereocenters. The highest BCUT2D eigenvalue weighted by Crippen LogP contribution is 2.49. The van der Waals surface area contributed by atoms with E-state index in [1.54, 1.807) is 0 Å². The van der Waals surface area contributed by atoms with Crippen LogP contribution in [0.2, 0.25) is 0 Å². The highest BCUT2D eigenvalue weighted by molar-refractivity contribution is 6.30. The Balaban J connectivity index is 0.924. The summed E-state index contributed by atoms with van der Waals surface area (Å²) in [6, 6.07) is 84.1. The zero-order chi connectivity index (χ0) is 44.7. The molecule has 0 unspecified atom stereocenters. The molecule has 0 bridgehead atoms. The molecule has 0 aliphatic rings. The van der Waals surface area contributed by atoms with Crippen LogP contribution in [0.15, 0.2) is 243 Å². The minimum Gasteiger partial charge on any atom is -0.256 e. The van der Waals surface area contributed by atoms with Gasteiger partial charge in [0.2, 0.25) is 0 Å². The summed E-state index contributed by atoms with van der Waals surface area (Å²) < 4.78 is 0. The standard InChI is InChI=1S/C66H40N2/c1-3-19-47-43(15-1)17-13-27-49(47)63-53-23-7-5-21-51(53)61(57-39-67-59-29-11-9-25-55(59)65(57)63)45-35-31-41(32-36-45)42-33-37-46(38-34-42)62-52-22-6-8-24-54(52)64(50-28-14-18-44-16-2-4-20-48(44)50)66-56-26-10-12-30-60(56)68-40-58(62)66/h1-40H. The van der Waals surface area contributed by atoms with Crippen molar-refractivity contribution in [2.45, 2.75) is 0 Å². The first-order chi connectivity index (χ1) is 33.8. The molecule has 0 saturated heterocycles. The van der Waals surface area contributed by atoms with Gasteiger partial charge >= 0.3 is 0 Å². The number of hydrogen-bond donors (Lipinski definition) is 0. The highest BCUT2D eigenvalue weighted by Gasteiger charge is 2.22. The summed E-state index contributed by atoms with van der Waals surface area (Å²) in [4.78, 5) is 10.2. The van der Waals surface area contributed by atoms with Crippen molar-refractivity contribution in [1.29, 1.82) is 0 Å². The lowest BCUT2D eigenvalue weighted by Crippen LogP contribution is -1.94. The maximum absolute atomic E-state index is 5.08. The molecule has 0 spiro atoms. The van der Waals surface area contributed by atoms with Crippen molar-refractivity contribution in [3.63, 3.8) is 0 Å². The summed E-state index contributed by atoms with van der Waals surface area (Å²) >= 11 is 0. The fourth-order valence-corrected chi connectivity index (χ4v) is 11.3. The molecular formula is C66H40N2. The molecule has 68 heavy (non-hydrogen) atoms. The number of nitrogens with zero attached hydrogens (tertiary/aromatic N) is 2. The van der Waals surface area contributed by atoms with Crippen LogP contribution in [0.5, 0.6) is 0 Å². The van der Waals surface area contributed by atoms with Gasteiger partial charge in [-0.15, -0.1) is 0 Å². The van der Waals surface area contributed by atoms with E-state index < -0.39 is 0 Å². The second kappa shape index (κ2) is 15.3. The molecule has 2 heterocycles. The first-order valence-corrected chi connectivity index (χ1v) is 23.4. The second-order valence-electron chi connectivity index (χ2n) is 17.9. The van der Waals surface area contributed by atoms with Crippen molar-refractivity contribution in [3.05, 3.63) is 243 Å². The Morgan fingerprint density at radius 3 is 0.926 bits per heavy atom. The fraction of sp³-hybridized carbons (Fsp3) is 0. The largest absolute Gasteiger partial charge is 0.256 e. The van der Waals surface area contributed by atoms with E-state index in [4.69, 9.17) is 9.97 Å². The summed E-state index contributed by atoms with van der Waals surface area (Å²) in [7, 11) is 0. The Labute approximate surface area is 393 Å². The SMILES string of the molecule is c1ccc2c(-c3c4ccccc4c(-c4ccc(-c5ccc(-c6c7ccccc7c(-c7cccc8ccccc78)c7c6cnc6ccccc67)cc5)cc4)c4cnc5ccccc5c34)cccc2c1. The Hall–Kier alpha value is -8.98. The van der Waals surface area contributed by atoms with Crippen LogP contribution in [0.4, 0.5) is 0 Å². The van der Waals surface area contributed by atoms with Gasteiger partial charge in [0.25, 0.3) is 0 Å². The van der Waals surface area contributed by atoms with Gasteiger partial charge in [-0.2, -0.15) is 0 Å². The second-order valence-corrected chi connectivity index (χ2v) is 17.9. The molecule has 2 nitrogen and oxygen atoms in total. The summed E-state index contributed by atoms with van der Waals surface area (Å²) in [6.07, 6.45) is 4.20. The van der Waals surface area contributed by atoms with Gasteiger partial charge in [-0.05, 0) is 111 Å². The molecule has 314 valence electrons. The maximum atomic E-state index is 5.08. The van der Waals surface area contributed by atoms with Gasteiger partial charge in [-0.1, -0.05) is 218 Å². The van der Waals surface area contributed by atoms with E-state index in [1.807, 2.05) is 0 Å². The maximum Gasteiger partial charge on any atom is 0.0708 e. The van der Waals surface area contributed by atoms with Crippen LogP contribution >= 0.6 is 0 Å². The zero-order valence-corrected chi connectivity index (χ0v) is 37.0. The Bertz CT molecular complexity index is 4060. The fourth-order valence-electron chi connectivity index (χ4n) is 11.3. The topological polar surface area (TPSA) is 25.8 Å². The van der Waals surface area contributed by atoms with Gasteiger partial charge in [0, 0.05) is 44.7 Å². The average molecular weight is 861 g/mol. The van der Waals surface area contributed by atoms with Crippen molar-refractivity contribution < 1.29 is 0 Å². The summed E-state index contributed by atoms with van der Waals surface area (Å²) in [5.41, 5.74) is 14.0. The van der Waals surface area contributed by atoms with Crippen molar-refractivity contribution >= 4 is 86.4 Å². The van der Waals surface area contributed by atoms with Crippen molar-refractivity contribution in [3.8, 4) is 55.6 Å². The highest BCUT2D eigenvalue weighted by atomic mass is 14.7. The van der Waals surface area contributed by atoms with E-state index in [1.165, 1.54) is 98.4 Å². The Kier molecular flexibility index (Phi) is 8.62. The van der Waals surface area contributed by atoms with E-state index in [0.717, 1.165) is 43.7 Å². The third-order valence-electron chi connectivity index (χ3n) is 14.3. The number of benzene rings is 12. The number of rotatable bonds is 5. The van der Waals surface area contributed by atoms with Crippen LogP contribution in [-0.4, -0.2) is 9.97 Å². The molecule has 2 heteroatoms. The summed E-state index contributed by atoms with van der Waals surface area (Å²) in [6.45, 7) is 0. The smallest absolute Gasteiger partial charge is 0.0708 e. The van der Waals surface area contributed by atoms with E-state index in [9.17, 15) is 0 Å². The van der Waals surface area contributed by atoms with E-state index in [0.29, 0.717) is 0 Å². The van der Waals surface area contributed by atoms with Gasteiger partial charge in [0.05, 0.1) is 11.0 Å². The quantitative estimate of drug-likeness (QED) is 0.127. The molecule has 2 aromatic heterocycles. The lowest BCUT2D eigenvalue weighted by molar-refractivity contribution is 1.45. The van der Waals surface area contributed by atoms with E-state index in [2.05, 4.69) is 243 Å². The summed E-state index contributed by atoms with van der Waals surface area (Å²) in [5, 5.41) is 16.9. The molecule has 0 aliphatic carbocycles. The molecule has 0 saturated carbocycles. The van der Waals surface area contributed by atoms with Crippen molar-refractivity contribution in [2.24, 2.45) is 0 Å². The van der Waals surface area contributed by atoms with Gasteiger partial charge in [0.15, 0.2) is 0 Å². The van der Waals surface area contributed by atoms with Crippen LogP contribution in [0, 0.1) is 0 Å². The van der Waals surface area contributed by atoms with Crippen LogP contribution in [-0.2, 0) is 0 Å². The molecule has 14 aromatic rings. The molecule has 0 aliphatic heterocycles. The number of fused-ring (bicyclic) bond motifs is 10. The first kappa shape index (κ1) is 38.3. The first-order valence-electron chi connectivity index (χ1n) is 23.4. The zero-order valence-electron chi connectivity index (χ0n) is 37.0. The third kappa shape index (κ3) is 5.84. The van der Waals surface area contributed by atoms with E-state index >= 15 is 0 Å². The monoisotopic (exact) mass is 860 g/mol. The lowest BCUT2D eigenvalue weighted by Gasteiger charge is -2.20. The molecule has 0 radical (unpaired) electrons. The predicted octanol–water partition coefficient (Wildman–Crippen LogP) is 18.0. The lowest BCUT2D eigenvalue weighted by atomic mass is 9.83. The molecule has 0 fully saturated rings. The van der Waals surface area contributed by atoms with Gasteiger partial charge in [-0.25, -0.2) is 0 Å². The molecular weight excluding hydrogens is 821 g/mol.